The highest BCUT2D eigenvalue weighted by Gasteiger charge is 2.22. The van der Waals surface area contributed by atoms with E-state index < -0.39 is 17.8 Å². The summed E-state index contributed by atoms with van der Waals surface area (Å²) in [5, 5.41) is 0. The molecule has 1 nitrogen and oxygen atoms in total. The molecular weight excluding hydrogens is 191 g/mol. The monoisotopic (exact) mass is 201 g/mol. The number of nitrogens with zero attached hydrogens (tertiary/aromatic N) is 1. The summed E-state index contributed by atoms with van der Waals surface area (Å²) in [4.78, 5) is 1.65. The molecule has 76 valence electrons. The van der Waals surface area contributed by atoms with Crippen molar-refractivity contribution in [2.75, 3.05) is 18.0 Å². The smallest absolute Gasteiger partial charge is 0.128 e. The molecule has 0 spiro atoms. The summed E-state index contributed by atoms with van der Waals surface area (Å²) < 4.78 is 38.5. The average Bonchev–Trinajstić information content (AvgIpc) is 2.50. The molecule has 1 fully saturated rings. The Morgan fingerprint density at radius 2 is 1.79 bits per heavy atom. The molecule has 0 bridgehead atoms. The van der Waals surface area contributed by atoms with Crippen LogP contribution in [0.25, 0.3) is 0 Å². The van der Waals surface area contributed by atoms with Crippen LogP contribution in [0.2, 0.25) is 0 Å². The fourth-order valence-electron chi connectivity index (χ4n) is 1.67. The SMILES string of the molecule is Fc1cc(F)cc(N2CC[C@@H](F)C2)c1. The molecule has 0 unspecified atom stereocenters. The first kappa shape index (κ1) is 9.37. The van der Waals surface area contributed by atoms with Crippen molar-refractivity contribution in [3.63, 3.8) is 0 Å². The molecule has 0 amide bonds. The van der Waals surface area contributed by atoms with Crippen molar-refractivity contribution < 1.29 is 13.2 Å². The average molecular weight is 201 g/mol. The molecule has 1 aliphatic rings. The molecule has 4 heteroatoms. The van der Waals surface area contributed by atoms with Gasteiger partial charge >= 0.3 is 0 Å². The third-order valence-corrected chi connectivity index (χ3v) is 2.34. The number of halogens is 3. The predicted molar refractivity (Wildman–Crippen MR) is 48.1 cm³/mol. The molecule has 1 aromatic carbocycles. The van der Waals surface area contributed by atoms with Crippen LogP contribution in [0, 0.1) is 11.6 Å². The van der Waals surface area contributed by atoms with Crippen molar-refractivity contribution in [1.82, 2.24) is 0 Å². The summed E-state index contributed by atoms with van der Waals surface area (Å²) in [5.41, 5.74) is 0.419. The fraction of sp³-hybridized carbons (Fsp3) is 0.400. The van der Waals surface area contributed by atoms with Gasteiger partial charge in [-0.15, -0.1) is 0 Å². The van der Waals surface area contributed by atoms with E-state index in [4.69, 9.17) is 0 Å². The lowest BCUT2D eigenvalue weighted by atomic mass is 10.3. The van der Waals surface area contributed by atoms with Crippen molar-refractivity contribution in [1.29, 1.82) is 0 Å². The Labute approximate surface area is 80.1 Å². The van der Waals surface area contributed by atoms with Crippen molar-refractivity contribution in [2.45, 2.75) is 12.6 Å². The van der Waals surface area contributed by atoms with Crippen LogP contribution in [-0.2, 0) is 0 Å². The van der Waals surface area contributed by atoms with Gasteiger partial charge in [-0.1, -0.05) is 0 Å². The van der Waals surface area contributed by atoms with E-state index in [1.54, 1.807) is 4.90 Å². The lowest BCUT2D eigenvalue weighted by molar-refractivity contribution is 0.364. The van der Waals surface area contributed by atoms with E-state index in [0.29, 0.717) is 18.7 Å². The van der Waals surface area contributed by atoms with E-state index in [1.165, 1.54) is 12.1 Å². The van der Waals surface area contributed by atoms with E-state index in [0.717, 1.165) is 6.07 Å². The van der Waals surface area contributed by atoms with Gasteiger partial charge in [0.25, 0.3) is 0 Å². The summed E-state index contributed by atoms with van der Waals surface area (Å²) in [5.74, 6) is -1.25. The van der Waals surface area contributed by atoms with Crippen molar-refractivity contribution >= 4 is 5.69 Å². The molecule has 0 N–H and O–H groups in total. The molecule has 1 aromatic rings. The summed E-state index contributed by atoms with van der Waals surface area (Å²) in [6, 6.07) is 3.26. The van der Waals surface area contributed by atoms with Gasteiger partial charge in [0.1, 0.15) is 17.8 Å². The van der Waals surface area contributed by atoms with Gasteiger partial charge in [-0.3, -0.25) is 0 Å². The van der Waals surface area contributed by atoms with Crippen molar-refractivity contribution in [3.05, 3.63) is 29.8 Å². The maximum absolute atomic E-state index is 12.8. The highest BCUT2D eigenvalue weighted by atomic mass is 19.1. The zero-order valence-electron chi connectivity index (χ0n) is 7.51. The van der Waals surface area contributed by atoms with Gasteiger partial charge in [0.15, 0.2) is 0 Å². The van der Waals surface area contributed by atoms with Gasteiger partial charge in [0, 0.05) is 24.8 Å². The number of benzene rings is 1. The van der Waals surface area contributed by atoms with Crippen LogP contribution in [0.1, 0.15) is 6.42 Å². The van der Waals surface area contributed by atoms with E-state index in [9.17, 15) is 13.2 Å². The van der Waals surface area contributed by atoms with E-state index >= 15 is 0 Å². The molecule has 0 aliphatic carbocycles. The molecule has 1 atom stereocenters. The Kier molecular flexibility index (Phi) is 2.35. The highest BCUT2D eigenvalue weighted by molar-refractivity contribution is 5.48. The number of hydrogen-bond acceptors (Lipinski definition) is 1. The maximum atomic E-state index is 12.8. The second-order valence-corrected chi connectivity index (χ2v) is 3.46. The first-order chi connectivity index (χ1) is 6.65. The molecule has 0 aromatic heterocycles. The molecule has 0 radical (unpaired) electrons. The van der Waals surface area contributed by atoms with Gasteiger partial charge in [-0.2, -0.15) is 0 Å². The van der Waals surface area contributed by atoms with Gasteiger partial charge in [0.2, 0.25) is 0 Å². The van der Waals surface area contributed by atoms with E-state index in [2.05, 4.69) is 0 Å². The Morgan fingerprint density at radius 1 is 1.14 bits per heavy atom. The standard InChI is InChI=1S/C10H10F3N/c11-7-1-2-14(6-7)10-4-8(12)3-9(13)5-10/h3-5,7H,1-2,6H2/t7-/m1/s1. The van der Waals surface area contributed by atoms with Crippen LogP contribution in [0.5, 0.6) is 0 Å². The quantitative estimate of drug-likeness (QED) is 0.674. The van der Waals surface area contributed by atoms with Gasteiger partial charge < -0.3 is 4.90 Å². The van der Waals surface area contributed by atoms with Gasteiger partial charge in [-0.05, 0) is 18.6 Å². The zero-order valence-corrected chi connectivity index (χ0v) is 7.51. The minimum Gasteiger partial charge on any atom is -0.368 e. The molecule has 2 rings (SSSR count). The normalized spacial score (nSPS) is 21.6. The van der Waals surface area contributed by atoms with E-state index in [-0.39, 0.29) is 6.54 Å². The Hall–Kier alpha value is -1.19. The summed E-state index contributed by atoms with van der Waals surface area (Å²) in [7, 11) is 0. The third kappa shape index (κ3) is 1.84. The first-order valence-electron chi connectivity index (χ1n) is 4.50. The van der Waals surface area contributed by atoms with Crippen molar-refractivity contribution in [2.24, 2.45) is 0 Å². The highest BCUT2D eigenvalue weighted by Crippen LogP contribution is 2.23. The summed E-state index contributed by atoms with van der Waals surface area (Å²) in [6.07, 6.45) is -0.459. The van der Waals surface area contributed by atoms with Crippen LogP contribution in [0.4, 0.5) is 18.9 Å². The first-order valence-corrected chi connectivity index (χ1v) is 4.50. The molecular formula is C10H10F3N. The lowest BCUT2D eigenvalue weighted by Crippen LogP contribution is -2.20. The minimum atomic E-state index is -0.888. The number of alkyl halides is 1. The molecule has 1 aliphatic heterocycles. The van der Waals surface area contributed by atoms with Crippen LogP contribution in [0.15, 0.2) is 18.2 Å². The second kappa shape index (κ2) is 3.52. The minimum absolute atomic E-state index is 0.225. The number of anilines is 1. The Balaban J connectivity index is 2.23. The second-order valence-electron chi connectivity index (χ2n) is 3.46. The molecule has 1 saturated heterocycles. The molecule has 1 heterocycles. The lowest BCUT2D eigenvalue weighted by Gasteiger charge is -2.17. The van der Waals surface area contributed by atoms with Crippen molar-refractivity contribution in [3.8, 4) is 0 Å². The van der Waals surface area contributed by atoms with Crippen LogP contribution in [-0.4, -0.2) is 19.3 Å². The van der Waals surface area contributed by atoms with Crippen LogP contribution in [0.3, 0.4) is 0 Å². The maximum Gasteiger partial charge on any atom is 0.128 e. The van der Waals surface area contributed by atoms with Crippen LogP contribution >= 0.6 is 0 Å². The number of rotatable bonds is 1. The van der Waals surface area contributed by atoms with Gasteiger partial charge in [-0.25, -0.2) is 13.2 Å². The van der Waals surface area contributed by atoms with E-state index in [1.807, 2.05) is 0 Å². The number of hydrogen-bond donors (Lipinski definition) is 0. The Morgan fingerprint density at radius 3 is 2.29 bits per heavy atom. The third-order valence-electron chi connectivity index (χ3n) is 2.34. The summed E-state index contributed by atoms with van der Waals surface area (Å²) in [6.45, 7) is 0.743. The van der Waals surface area contributed by atoms with Crippen LogP contribution < -0.4 is 4.90 Å². The molecule has 0 saturated carbocycles. The summed E-state index contributed by atoms with van der Waals surface area (Å²) >= 11 is 0. The predicted octanol–water partition coefficient (Wildman–Crippen LogP) is 2.51. The fourth-order valence-corrected chi connectivity index (χ4v) is 1.67. The zero-order chi connectivity index (χ0) is 10.1. The van der Waals surface area contributed by atoms with Gasteiger partial charge in [0.05, 0.1) is 0 Å². The Bertz CT molecular complexity index is 320. The molecule has 14 heavy (non-hydrogen) atoms. The topological polar surface area (TPSA) is 3.24 Å². The largest absolute Gasteiger partial charge is 0.368 e.